The van der Waals surface area contributed by atoms with Crippen LogP contribution in [0.4, 0.5) is 0 Å². The Morgan fingerprint density at radius 3 is 2.85 bits per heavy atom. The number of hydrogen-bond acceptors (Lipinski definition) is 4. The first-order chi connectivity index (χ1) is 12.5. The lowest BCUT2D eigenvalue weighted by atomic mass is 9.83. The van der Waals surface area contributed by atoms with Gasteiger partial charge in [-0.05, 0) is 43.9 Å². The number of fused-ring (bicyclic) bond motifs is 1. The number of carbonyl (C=O) groups excluding carboxylic acids is 2. The Bertz CT molecular complexity index is 680. The van der Waals surface area contributed by atoms with Crippen molar-refractivity contribution in [3.8, 4) is 0 Å². The van der Waals surface area contributed by atoms with Gasteiger partial charge in [0.2, 0.25) is 5.91 Å². The van der Waals surface area contributed by atoms with E-state index in [9.17, 15) is 9.59 Å². The third kappa shape index (κ3) is 3.38. The number of nitrogens with zero attached hydrogens (tertiary/aromatic N) is 3. The molecule has 0 bridgehead atoms. The quantitative estimate of drug-likeness (QED) is 0.810. The number of carbonyl (C=O) groups is 2. The minimum atomic E-state index is 0.00438. The molecule has 0 spiro atoms. The van der Waals surface area contributed by atoms with Gasteiger partial charge in [0.05, 0.1) is 0 Å². The van der Waals surface area contributed by atoms with Gasteiger partial charge in [0.1, 0.15) is 5.76 Å². The highest BCUT2D eigenvalue weighted by atomic mass is 16.3. The maximum atomic E-state index is 13.0. The smallest absolute Gasteiger partial charge is 0.276 e. The van der Waals surface area contributed by atoms with Crippen molar-refractivity contribution in [3.63, 3.8) is 0 Å². The molecule has 0 N–H and O–H groups in total. The van der Waals surface area contributed by atoms with Crippen molar-refractivity contribution in [1.29, 1.82) is 0 Å². The molecule has 0 radical (unpaired) electrons. The number of amides is 2. The van der Waals surface area contributed by atoms with Crippen molar-refractivity contribution in [2.75, 3.05) is 19.6 Å². The van der Waals surface area contributed by atoms with E-state index in [0.717, 1.165) is 51.0 Å². The van der Waals surface area contributed by atoms with Gasteiger partial charge in [0.25, 0.3) is 5.91 Å². The Morgan fingerprint density at radius 1 is 1.31 bits per heavy atom. The molecule has 1 aliphatic carbocycles. The molecule has 26 heavy (non-hydrogen) atoms. The van der Waals surface area contributed by atoms with Crippen LogP contribution in [0.2, 0.25) is 0 Å². The zero-order valence-corrected chi connectivity index (χ0v) is 15.8. The van der Waals surface area contributed by atoms with Gasteiger partial charge < -0.3 is 14.2 Å². The largest absolute Gasteiger partial charge is 0.447 e. The Labute approximate surface area is 154 Å². The first-order valence-corrected chi connectivity index (χ1v) is 10.1. The summed E-state index contributed by atoms with van der Waals surface area (Å²) in [5.74, 6) is 2.43. The fourth-order valence-corrected chi connectivity index (χ4v) is 4.42. The summed E-state index contributed by atoms with van der Waals surface area (Å²) in [6.07, 6.45) is 7.00. The molecule has 2 amide bonds. The summed E-state index contributed by atoms with van der Waals surface area (Å²) in [4.78, 5) is 33.6. The van der Waals surface area contributed by atoms with E-state index in [1.807, 2.05) is 4.90 Å². The van der Waals surface area contributed by atoms with Crippen LogP contribution in [0.1, 0.15) is 74.5 Å². The van der Waals surface area contributed by atoms with E-state index < -0.39 is 0 Å². The summed E-state index contributed by atoms with van der Waals surface area (Å²) in [5.41, 5.74) is 0.509. The number of piperidine rings is 2. The molecule has 2 saturated heterocycles. The average Bonchev–Trinajstić information content (AvgIpc) is 3.36. The molecule has 0 aromatic carbocycles. The molecule has 6 nitrogen and oxygen atoms in total. The Kier molecular flexibility index (Phi) is 4.76. The third-order valence-corrected chi connectivity index (χ3v) is 6.12. The van der Waals surface area contributed by atoms with Gasteiger partial charge in [-0.15, -0.1) is 0 Å². The number of hydrogen-bond donors (Lipinski definition) is 0. The van der Waals surface area contributed by atoms with Gasteiger partial charge in [-0.25, -0.2) is 4.98 Å². The molecule has 1 aromatic heterocycles. The van der Waals surface area contributed by atoms with Gasteiger partial charge in [0, 0.05) is 38.0 Å². The molecule has 3 heterocycles. The SMILES string of the molecule is CC(C)CCN1C(=O)CC[C@@H]2CN(C(=O)c3ncoc3C3CC3)CC[C@@H]21. The summed E-state index contributed by atoms with van der Waals surface area (Å²) < 4.78 is 5.48. The van der Waals surface area contributed by atoms with E-state index in [2.05, 4.69) is 23.7 Å². The standard InChI is InChI=1S/C20H29N3O3/c1-13(2)7-10-23-16-8-9-22(11-15(16)5-6-17(23)24)20(25)18-19(14-3-4-14)26-12-21-18/h12-16H,3-11H2,1-2H3/t15-,16+/m1/s1. The van der Waals surface area contributed by atoms with Gasteiger partial charge in [-0.3, -0.25) is 9.59 Å². The molecular formula is C20H29N3O3. The Balaban J connectivity index is 1.43. The molecule has 1 aromatic rings. The second-order valence-electron chi connectivity index (χ2n) is 8.52. The fraction of sp³-hybridized carbons (Fsp3) is 0.750. The summed E-state index contributed by atoms with van der Waals surface area (Å²) in [6.45, 7) is 6.67. The van der Waals surface area contributed by atoms with Crippen molar-refractivity contribution < 1.29 is 14.0 Å². The molecule has 2 atom stereocenters. The van der Waals surface area contributed by atoms with Crippen LogP contribution in [0, 0.1) is 11.8 Å². The number of aromatic nitrogens is 1. The van der Waals surface area contributed by atoms with E-state index in [-0.39, 0.29) is 5.91 Å². The third-order valence-electron chi connectivity index (χ3n) is 6.12. The fourth-order valence-electron chi connectivity index (χ4n) is 4.42. The van der Waals surface area contributed by atoms with Crippen LogP contribution in [0.15, 0.2) is 10.8 Å². The van der Waals surface area contributed by atoms with Crippen molar-refractivity contribution in [3.05, 3.63) is 17.8 Å². The van der Waals surface area contributed by atoms with Crippen molar-refractivity contribution in [2.45, 2.75) is 64.3 Å². The molecule has 4 rings (SSSR count). The second kappa shape index (κ2) is 7.05. The molecule has 0 unspecified atom stereocenters. The van der Waals surface area contributed by atoms with Crippen molar-refractivity contribution in [2.24, 2.45) is 11.8 Å². The number of likely N-dealkylation sites (tertiary alicyclic amines) is 2. The number of oxazole rings is 1. The topological polar surface area (TPSA) is 66.7 Å². The molecular weight excluding hydrogens is 330 g/mol. The highest BCUT2D eigenvalue weighted by Gasteiger charge is 2.41. The van der Waals surface area contributed by atoms with Crippen LogP contribution in [0.25, 0.3) is 0 Å². The number of rotatable bonds is 5. The molecule has 3 fully saturated rings. The van der Waals surface area contributed by atoms with E-state index in [4.69, 9.17) is 4.42 Å². The highest BCUT2D eigenvalue weighted by molar-refractivity contribution is 5.93. The molecule has 6 heteroatoms. The molecule has 142 valence electrons. The van der Waals surface area contributed by atoms with Crippen LogP contribution in [-0.4, -0.2) is 52.3 Å². The minimum absolute atomic E-state index is 0.00438. The maximum Gasteiger partial charge on any atom is 0.276 e. The van der Waals surface area contributed by atoms with E-state index in [1.165, 1.54) is 6.39 Å². The van der Waals surface area contributed by atoms with Gasteiger partial charge in [0.15, 0.2) is 12.1 Å². The Hall–Kier alpha value is -1.85. The molecule has 1 saturated carbocycles. The summed E-state index contributed by atoms with van der Waals surface area (Å²) >= 11 is 0. The maximum absolute atomic E-state index is 13.0. The van der Waals surface area contributed by atoms with Gasteiger partial charge in [-0.2, -0.15) is 0 Å². The molecule has 3 aliphatic rings. The highest BCUT2D eigenvalue weighted by Crippen LogP contribution is 2.42. The first kappa shape index (κ1) is 17.6. The van der Waals surface area contributed by atoms with Gasteiger partial charge >= 0.3 is 0 Å². The zero-order chi connectivity index (χ0) is 18.3. The van der Waals surface area contributed by atoms with Crippen molar-refractivity contribution >= 4 is 11.8 Å². The summed E-state index contributed by atoms with van der Waals surface area (Å²) in [7, 11) is 0. The Morgan fingerprint density at radius 2 is 2.12 bits per heavy atom. The van der Waals surface area contributed by atoms with E-state index >= 15 is 0 Å². The van der Waals surface area contributed by atoms with E-state index in [0.29, 0.717) is 48.4 Å². The van der Waals surface area contributed by atoms with Crippen LogP contribution in [0.3, 0.4) is 0 Å². The van der Waals surface area contributed by atoms with Gasteiger partial charge in [-0.1, -0.05) is 13.8 Å². The molecule has 2 aliphatic heterocycles. The van der Waals surface area contributed by atoms with Crippen molar-refractivity contribution in [1.82, 2.24) is 14.8 Å². The lowest BCUT2D eigenvalue weighted by Gasteiger charge is -2.47. The first-order valence-electron chi connectivity index (χ1n) is 10.1. The van der Waals surface area contributed by atoms with Crippen LogP contribution in [-0.2, 0) is 4.79 Å². The predicted molar refractivity (Wildman–Crippen MR) is 96.7 cm³/mol. The normalized spacial score (nSPS) is 26.3. The lowest BCUT2D eigenvalue weighted by molar-refractivity contribution is -0.140. The van der Waals surface area contributed by atoms with Crippen LogP contribution in [0.5, 0.6) is 0 Å². The minimum Gasteiger partial charge on any atom is -0.447 e. The average molecular weight is 359 g/mol. The summed E-state index contributed by atoms with van der Waals surface area (Å²) in [6, 6.07) is 0.291. The van der Waals surface area contributed by atoms with Crippen LogP contribution >= 0.6 is 0 Å². The zero-order valence-electron chi connectivity index (χ0n) is 15.8. The monoisotopic (exact) mass is 359 g/mol. The summed E-state index contributed by atoms with van der Waals surface area (Å²) in [5, 5.41) is 0. The predicted octanol–water partition coefficient (Wildman–Crippen LogP) is 3.05. The van der Waals surface area contributed by atoms with Crippen LogP contribution < -0.4 is 0 Å². The lowest BCUT2D eigenvalue weighted by Crippen LogP contribution is -2.57. The second-order valence-corrected chi connectivity index (χ2v) is 8.52. The van der Waals surface area contributed by atoms with E-state index in [1.54, 1.807) is 0 Å².